The first-order chi connectivity index (χ1) is 12.5. The zero-order valence-corrected chi connectivity index (χ0v) is 18.4. The standard InChI is InChI=1S/C20H23N3OS2.ClH/c1-14-6-5-7-15(12-14)19(24)23(11-10-22(2)3)20-21-17-9-8-16(25-4)13-18(17)26-20;/h5-9,12-13H,10-11H2,1-4H3;1H. The van der Waals surface area contributed by atoms with Crippen molar-refractivity contribution in [3.8, 4) is 0 Å². The number of aryl methyl sites for hydroxylation is 1. The zero-order valence-electron chi connectivity index (χ0n) is 15.9. The predicted molar refractivity (Wildman–Crippen MR) is 120 cm³/mol. The van der Waals surface area contributed by atoms with Crippen LogP contribution in [-0.2, 0) is 0 Å². The molecule has 0 aliphatic heterocycles. The van der Waals surface area contributed by atoms with E-state index < -0.39 is 0 Å². The van der Waals surface area contributed by atoms with E-state index in [4.69, 9.17) is 4.98 Å². The molecule has 0 atom stereocenters. The van der Waals surface area contributed by atoms with Gasteiger partial charge in [-0.05, 0) is 57.6 Å². The molecule has 144 valence electrons. The van der Waals surface area contributed by atoms with E-state index in [0.717, 1.165) is 27.5 Å². The lowest BCUT2D eigenvalue weighted by molar-refractivity contribution is 0.0985. The Hall–Kier alpha value is -1.60. The lowest BCUT2D eigenvalue weighted by Gasteiger charge is -2.22. The Morgan fingerprint density at radius 1 is 1.15 bits per heavy atom. The Labute approximate surface area is 175 Å². The van der Waals surface area contributed by atoms with Gasteiger partial charge in [0.2, 0.25) is 0 Å². The van der Waals surface area contributed by atoms with Crippen LogP contribution in [0.2, 0.25) is 0 Å². The van der Waals surface area contributed by atoms with Gasteiger partial charge in [-0.15, -0.1) is 24.2 Å². The number of hydrogen-bond acceptors (Lipinski definition) is 5. The SMILES string of the molecule is CSc1ccc2nc(N(CCN(C)C)C(=O)c3cccc(C)c3)sc2c1.Cl. The van der Waals surface area contributed by atoms with Crippen molar-refractivity contribution in [3.05, 3.63) is 53.6 Å². The van der Waals surface area contributed by atoms with Gasteiger partial charge >= 0.3 is 0 Å². The molecule has 0 aliphatic carbocycles. The highest BCUT2D eigenvalue weighted by Crippen LogP contribution is 2.32. The van der Waals surface area contributed by atoms with Crippen molar-refractivity contribution in [3.63, 3.8) is 0 Å². The van der Waals surface area contributed by atoms with Crippen LogP contribution in [0.3, 0.4) is 0 Å². The minimum Gasteiger partial charge on any atom is -0.308 e. The number of fused-ring (bicyclic) bond motifs is 1. The Balaban J connectivity index is 0.00000261. The lowest BCUT2D eigenvalue weighted by atomic mass is 10.1. The summed E-state index contributed by atoms with van der Waals surface area (Å²) in [5, 5.41) is 0.756. The fraction of sp³-hybridized carbons (Fsp3) is 0.300. The molecule has 0 unspecified atom stereocenters. The van der Waals surface area contributed by atoms with Crippen LogP contribution in [0.5, 0.6) is 0 Å². The van der Waals surface area contributed by atoms with E-state index in [-0.39, 0.29) is 18.3 Å². The third-order valence-electron chi connectivity index (χ3n) is 4.10. The molecule has 0 saturated carbocycles. The first-order valence-electron chi connectivity index (χ1n) is 8.46. The van der Waals surface area contributed by atoms with Gasteiger partial charge in [0.1, 0.15) is 0 Å². The molecule has 4 nitrogen and oxygen atoms in total. The first kappa shape index (κ1) is 21.7. The van der Waals surface area contributed by atoms with Crippen LogP contribution < -0.4 is 4.90 Å². The number of likely N-dealkylation sites (N-methyl/N-ethyl adjacent to an activating group) is 1. The number of hydrogen-bond donors (Lipinski definition) is 0. The average molecular weight is 422 g/mol. The summed E-state index contributed by atoms with van der Waals surface area (Å²) in [6, 6.07) is 14.0. The molecule has 0 fully saturated rings. The molecule has 1 aromatic heterocycles. The molecule has 0 radical (unpaired) electrons. The van der Waals surface area contributed by atoms with Crippen molar-refractivity contribution in [2.24, 2.45) is 0 Å². The number of benzene rings is 2. The van der Waals surface area contributed by atoms with Gasteiger partial charge in [-0.25, -0.2) is 4.98 Å². The number of thiazole rings is 1. The second-order valence-electron chi connectivity index (χ2n) is 6.46. The smallest absolute Gasteiger partial charge is 0.260 e. The van der Waals surface area contributed by atoms with Crippen molar-refractivity contribution in [1.82, 2.24) is 9.88 Å². The van der Waals surface area contributed by atoms with E-state index in [2.05, 4.69) is 23.3 Å². The van der Waals surface area contributed by atoms with E-state index in [1.54, 1.807) is 28.0 Å². The fourth-order valence-corrected chi connectivity index (χ4v) is 4.20. The largest absolute Gasteiger partial charge is 0.308 e. The quantitative estimate of drug-likeness (QED) is 0.527. The summed E-state index contributed by atoms with van der Waals surface area (Å²) < 4.78 is 1.11. The Bertz CT molecular complexity index is 926. The summed E-state index contributed by atoms with van der Waals surface area (Å²) in [5.41, 5.74) is 2.72. The van der Waals surface area contributed by atoms with Crippen LogP contribution in [0.4, 0.5) is 5.13 Å². The van der Waals surface area contributed by atoms with Crippen molar-refractivity contribution < 1.29 is 4.79 Å². The van der Waals surface area contributed by atoms with E-state index in [0.29, 0.717) is 12.1 Å². The minimum atomic E-state index is -0.000281. The second-order valence-corrected chi connectivity index (χ2v) is 8.35. The topological polar surface area (TPSA) is 36.4 Å². The number of carbonyl (C=O) groups is 1. The molecule has 3 rings (SSSR count). The zero-order chi connectivity index (χ0) is 18.7. The van der Waals surface area contributed by atoms with E-state index in [9.17, 15) is 4.79 Å². The van der Waals surface area contributed by atoms with Crippen molar-refractivity contribution in [2.45, 2.75) is 11.8 Å². The van der Waals surface area contributed by atoms with Gasteiger partial charge in [0.05, 0.1) is 10.2 Å². The van der Waals surface area contributed by atoms with Crippen LogP contribution in [-0.4, -0.2) is 49.2 Å². The number of carbonyl (C=O) groups excluding carboxylic acids is 1. The fourth-order valence-electron chi connectivity index (χ4n) is 2.65. The summed E-state index contributed by atoms with van der Waals surface area (Å²) in [7, 11) is 4.02. The summed E-state index contributed by atoms with van der Waals surface area (Å²) >= 11 is 3.29. The Morgan fingerprint density at radius 3 is 2.59 bits per heavy atom. The molecule has 1 heterocycles. The molecule has 0 N–H and O–H groups in total. The molecule has 27 heavy (non-hydrogen) atoms. The Kier molecular flexibility index (Phi) is 7.68. The number of anilines is 1. The highest BCUT2D eigenvalue weighted by molar-refractivity contribution is 7.98. The number of thioether (sulfide) groups is 1. The van der Waals surface area contributed by atoms with Crippen LogP contribution in [0, 0.1) is 6.92 Å². The maximum Gasteiger partial charge on any atom is 0.260 e. The molecule has 2 aromatic carbocycles. The second kappa shape index (κ2) is 9.55. The van der Waals surface area contributed by atoms with Crippen LogP contribution in [0.15, 0.2) is 47.4 Å². The summed E-state index contributed by atoms with van der Waals surface area (Å²) in [6.07, 6.45) is 2.06. The van der Waals surface area contributed by atoms with Crippen LogP contribution in [0.1, 0.15) is 15.9 Å². The number of halogens is 1. The summed E-state index contributed by atoms with van der Waals surface area (Å²) in [6.45, 7) is 3.39. The average Bonchev–Trinajstić information content (AvgIpc) is 3.04. The van der Waals surface area contributed by atoms with Gasteiger partial charge < -0.3 is 4.90 Å². The normalized spacial score (nSPS) is 10.9. The molecule has 7 heteroatoms. The maximum atomic E-state index is 13.2. The highest BCUT2D eigenvalue weighted by atomic mass is 35.5. The molecule has 3 aromatic rings. The summed E-state index contributed by atoms with van der Waals surface area (Å²) in [5.74, 6) is -0.000281. The molecular formula is C20H24ClN3OS2. The van der Waals surface area contributed by atoms with Gasteiger partial charge in [-0.3, -0.25) is 9.69 Å². The van der Waals surface area contributed by atoms with Crippen molar-refractivity contribution >= 4 is 56.8 Å². The van der Waals surface area contributed by atoms with Crippen LogP contribution in [0.25, 0.3) is 10.2 Å². The van der Waals surface area contributed by atoms with Crippen LogP contribution >= 0.6 is 35.5 Å². The third-order valence-corrected chi connectivity index (χ3v) is 5.86. The predicted octanol–water partition coefficient (Wildman–Crippen LogP) is 4.96. The van der Waals surface area contributed by atoms with Gasteiger partial charge in [-0.2, -0.15) is 0 Å². The van der Waals surface area contributed by atoms with E-state index in [1.165, 1.54) is 4.90 Å². The molecule has 1 amide bonds. The number of rotatable bonds is 6. The van der Waals surface area contributed by atoms with Crippen molar-refractivity contribution in [1.29, 1.82) is 0 Å². The van der Waals surface area contributed by atoms with Gasteiger partial charge in [0.15, 0.2) is 5.13 Å². The lowest BCUT2D eigenvalue weighted by Crippen LogP contribution is -2.36. The van der Waals surface area contributed by atoms with Gasteiger partial charge in [-0.1, -0.05) is 29.0 Å². The third kappa shape index (κ3) is 5.23. The highest BCUT2D eigenvalue weighted by Gasteiger charge is 2.21. The first-order valence-corrected chi connectivity index (χ1v) is 10.5. The molecule has 0 spiro atoms. The van der Waals surface area contributed by atoms with Gasteiger partial charge in [0.25, 0.3) is 5.91 Å². The van der Waals surface area contributed by atoms with E-state index in [1.807, 2.05) is 51.4 Å². The maximum absolute atomic E-state index is 13.2. The number of nitrogens with zero attached hydrogens (tertiary/aromatic N) is 3. The number of aromatic nitrogens is 1. The summed E-state index contributed by atoms with van der Waals surface area (Å²) in [4.78, 5) is 23.0. The minimum absolute atomic E-state index is 0. The monoisotopic (exact) mass is 421 g/mol. The van der Waals surface area contributed by atoms with Crippen molar-refractivity contribution in [2.75, 3.05) is 38.3 Å². The molecule has 0 bridgehead atoms. The molecular weight excluding hydrogens is 398 g/mol. The van der Waals surface area contributed by atoms with E-state index >= 15 is 0 Å². The Morgan fingerprint density at radius 2 is 1.93 bits per heavy atom. The van der Waals surface area contributed by atoms with Gasteiger partial charge in [0, 0.05) is 23.5 Å². The molecule has 0 saturated heterocycles. The number of amides is 1. The molecule has 0 aliphatic rings.